The number of hydrogen-bond acceptors (Lipinski definition) is 5. The van der Waals surface area contributed by atoms with Gasteiger partial charge in [-0.3, -0.25) is 0 Å². The average Bonchev–Trinajstić information content (AvgIpc) is 2.81. The third-order valence-corrected chi connectivity index (χ3v) is 5.32. The van der Waals surface area contributed by atoms with Gasteiger partial charge in [0, 0.05) is 13.6 Å². The zero-order chi connectivity index (χ0) is 16.3. The second-order valence-corrected chi connectivity index (χ2v) is 6.97. The van der Waals surface area contributed by atoms with Crippen LogP contribution in [0, 0.1) is 13.8 Å². The van der Waals surface area contributed by atoms with E-state index in [1.807, 2.05) is 31.2 Å². The molecule has 1 aromatic heterocycles. The van der Waals surface area contributed by atoms with Crippen molar-refractivity contribution in [2.75, 3.05) is 13.7 Å². The molecule has 0 spiro atoms. The van der Waals surface area contributed by atoms with E-state index in [-0.39, 0.29) is 11.4 Å². The Morgan fingerprint density at radius 3 is 2.36 bits per heavy atom. The van der Waals surface area contributed by atoms with E-state index < -0.39 is 10.0 Å². The van der Waals surface area contributed by atoms with Gasteiger partial charge < -0.3 is 9.26 Å². The van der Waals surface area contributed by atoms with Crippen LogP contribution in [-0.2, 0) is 16.6 Å². The van der Waals surface area contributed by atoms with E-state index in [1.54, 1.807) is 13.8 Å². The molecule has 0 aliphatic rings. The number of aromatic nitrogens is 1. The van der Waals surface area contributed by atoms with E-state index in [0.29, 0.717) is 18.1 Å². The van der Waals surface area contributed by atoms with E-state index in [9.17, 15) is 8.42 Å². The third-order valence-electron chi connectivity index (χ3n) is 3.28. The molecule has 0 saturated heterocycles. The lowest BCUT2D eigenvalue weighted by Gasteiger charge is -2.17. The summed E-state index contributed by atoms with van der Waals surface area (Å²) in [6, 6.07) is 7.36. The molecule has 0 radical (unpaired) electrons. The van der Waals surface area contributed by atoms with Gasteiger partial charge in [-0.1, -0.05) is 17.3 Å². The maximum atomic E-state index is 12.6. The zero-order valence-electron chi connectivity index (χ0n) is 13.2. The quantitative estimate of drug-likeness (QED) is 0.816. The molecule has 2 aromatic rings. The lowest BCUT2D eigenvalue weighted by Crippen LogP contribution is -2.27. The first-order chi connectivity index (χ1) is 10.4. The van der Waals surface area contributed by atoms with Gasteiger partial charge in [0.1, 0.15) is 16.3 Å². The monoisotopic (exact) mass is 324 g/mol. The Hall–Kier alpha value is -1.86. The molecular weight excluding hydrogens is 304 g/mol. The van der Waals surface area contributed by atoms with Crippen molar-refractivity contribution >= 4 is 10.0 Å². The Morgan fingerprint density at radius 2 is 1.86 bits per heavy atom. The number of hydrogen-bond donors (Lipinski definition) is 0. The summed E-state index contributed by atoms with van der Waals surface area (Å²) in [7, 11) is -2.09. The Bertz CT molecular complexity index is 716. The van der Waals surface area contributed by atoms with E-state index in [1.165, 1.54) is 11.4 Å². The minimum absolute atomic E-state index is 0.140. The molecule has 2 rings (SSSR count). The summed E-state index contributed by atoms with van der Waals surface area (Å²) in [5.41, 5.74) is 1.25. The largest absolute Gasteiger partial charge is 0.494 e. The van der Waals surface area contributed by atoms with Gasteiger partial charge in [0.05, 0.1) is 6.61 Å². The highest BCUT2D eigenvalue weighted by Crippen LogP contribution is 2.24. The average molecular weight is 324 g/mol. The van der Waals surface area contributed by atoms with Crippen LogP contribution in [0.15, 0.2) is 33.7 Å². The van der Waals surface area contributed by atoms with Crippen molar-refractivity contribution in [1.82, 2.24) is 9.46 Å². The summed E-state index contributed by atoms with van der Waals surface area (Å²) in [5.74, 6) is 1.07. The highest BCUT2D eigenvalue weighted by atomic mass is 32.2. The fourth-order valence-electron chi connectivity index (χ4n) is 2.20. The van der Waals surface area contributed by atoms with Gasteiger partial charge in [0.2, 0.25) is 10.0 Å². The highest BCUT2D eigenvalue weighted by molar-refractivity contribution is 7.89. The van der Waals surface area contributed by atoms with Crippen LogP contribution in [0.25, 0.3) is 0 Å². The van der Waals surface area contributed by atoms with Crippen LogP contribution in [0.3, 0.4) is 0 Å². The summed E-state index contributed by atoms with van der Waals surface area (Å²) < 4.78 is 36.8. The predicted octanol–water partition coefficient (Wildman–Crippen LogP) is 2.51. The van der Waals surface area contributed by atoms with Gasteiger partial charge in [-0.15, -0.1) is 0 Å². The number of rotatable bonds is 6. The molecule has 0 fully saturated rings. The van der Waals surface area contributed by atoms with Gasteiger partial charge >= 0.3 is 0 Å². The maximum absolute atomic E-state index is 12.6. The van der Waals surface area contributed by atoms with E-state index in [2.05, 4.69) is 5.16 Å². The lowest BCUT2D eigenvalue weighted by atomic mass is 10.2. The molecule has 0 unspecified atom stereocenters. The maximum Gasteiger partial charge on any atom is 0.248 e. The van der Waals surface area contributed by atoms with Gasteiger partial charge in [0.25, 0.3) is 0 Å². The summed E-state index contributed by atoms with van der Waals surface area (Å²) in [6.45, 7) is 5.99. The minimum atomic E-state index is -3.63. The topological polar surface area (TPSA) is 72.6 Å². The van der Waals surface area contributed by atoms with Crippen LogP contribution in [0.2, 0.25) is 0 Å². The summed E-state index contributed by atoms with van der Waals surface area (Å²) in [4.78, 5) is 0.140. The standard InChI is InChI=1S/C15H20N2O4S/c1-5-20-14-8-6-13(7-9-14)10-17(4)22(18,19)15-11(2)16-21-12(15)3/h6-9H,5,10H2,1-4H3. The number of benzene rings is 1. The molecule has 0 saturated carbocycles. The first-order valence-corrected chi connectivity index (χ1v) is 8.41. The minimum Gasteiger partial charge on any atom is -0.494 e. The van der Waals surface area contributed by atoms with Crippen molar-refractivity contribution in [3.63, 3.8) is 0 Å². The van der Waals surface area contributed by atoms with Crippen LogP contribution < -0.4 is 4.74 Å². The molecule has 6 nitrogen and oxygen atoms in total. The van der Waals surface area contributed by atoms with E-state index in [4.69, 9.17) is 9.26 Å². The van der Waals surface area contributed by atoms with Gasteiger partial charge in [-0.25, -0.2) is 8.42 Å². The second kappa shape index (κ2) is 6.50. The predicted molar refractivity (Wildman–Crippen MR) is 82.2 cm³/mol. The molecule has 0 atom stereocenters. The van der Waals surface area contributed by atoms with Crippen molar-refractivity contribution in [2.24, 2.45) is 0 Å². The van der Waals surface area contributed by atoms with E-state index in [0.717, 1.165) is 11.3 Å². The van der Waals surface area contributed by atoms with Crippen LogP contribution in [0.4, 0.5) is 0 Å². The van der Waals surface area contributed by atoms with Crippen molar-refractivity contribution < 1.29 is 17.7 Å². The van der Waals surface area contributed by atoms with Crippen LogP contribution >= 0.6 is 0 Å². The molecule has 0 aliphatic carbocycles. The fraction of sp³-hybridized carbons (Fsp3) is 0.400. The summed E-state index contributed by atoms with van der Waals surface area (Å²) >= 11 is 0. The Balaban J connectivity index is 2.19. The molecule has 22 heavy (non-hydrogen) atoms. The van der Waals surface area contributed by atoms with Crippen LogP contribution in [0.1, 0.15) is 23.9 Å². The first-order valence-electron chi connectivity index (χ1n) is 6.97. The number of aryl methyl sites for hydroxylation is 2. The highest BCUT2D eigenvalue weighted by Gasteiger charge is 2.28. The number of nitrogens with zero attached hydrogens (tertiary/aromatic N) is 2. The summed E-state index contributed by atoms with van der Waals surface area (Å²) in [6.07, 6.45) is 0. The van der Waals surface area contributed by atoms with Crippen molar-refractivity contribution in [3.05, 3.63) is 41.3 Å². The van der Waals surface area contributed by atoms with Gasteiger partial charge in [0.15, 0.2) is 5.76 Å². The normalized spacial score (nSPS) is 11.9. The molecule has 0 N–H and O–H groups in total. The van der Waals surface area contributed by atoms with E-state index >= 15 is 0 Å². The Labute approximate surface area is 130 Å². The molecular formula is C15H20N2O4S. The lowest BCUT2D eigenvalue weighted by molar-refractivity contribution is 0.340. The summed E-state index contributed by atoms with van der Waals surface area (Å²) in [5, 5.41) is 3.71. The molecule has 0 amide bonds. The molecule has 1 heterocycles. The smallest absolute Gasteiger partial charge is 0.248 e. The van der Waals surface area contributed by atoms with Gasteiger partial charge in [-0.2, -0.15) is 4.31 Å². The molecule has 120 valence electrons. The van der Waals surface area contributed by atoms with Crippen LogP contribution in [-0.4, -0.2) is 31.5 Å². The Morgan fingerprint density at radius 1 is 1.23 bits per heavy atom. The van der Waals surface area contributed by atoms with Gasteiger partial charge in [-0.05, 0) is 38.5 Å². The van der Waals surface area contributed by atoms with Crippen LogP contribution in [0.5, 0.6) is 5.75 Å². The number of ether oxygens (including phenoxy) is 1. The van der Waals surface area contributed by atoms with Crippen molar-refractivity contribution in [1.29, 1.82) is 0 Å². The molecule has 0 aliphatic heterocycles. The molecule has 1 aromatic carbocycles. The Kier molecular flexibility index (Phi) is 4.87. The van der Waals surface area contributed by atoms with Crippen molar-refractivity contribution in [3.8, 4) is 5.75 Å². The third kappa shape index (κ3) is 3.31. The zero-order valence-corrected chi connectivity index (χ0v) is 14.0. The molecule has 0 bridgehead atoms. The first kappa shape index (κ1) is 16.5. The fourth-order valence-corrected chi connectivity index (χ4v) is 3.64. The second-order valence-electron chi connectivity index (χ2n) is 4.99. The van der Waals surface area contributed by atoms with Crippen molar-refractivity contribution in [2.45, 2.75) is 32.2 Å². The molecule has 7 heteroatoms. The number of sulfonamides is 1. The SMILES string of the molecule is CCOc1ccc(CN(C)S(=O)(=O)c2c(C)noc2C)cc1.